The number of fused-ring (bicyclic) bond motifs is 1. The Bertz CT molecular complexity index is 730. The SMILES string of the molecule is Nc1ccc2[nH]cc(S(=O)(=O)N(CCO)CC(F)F)c2c1. The lowest BCUT2D eigenvalue weighted by Gasteiger charge is -2.20. The summed E-state index contributed by atoms with van der Waals surface area (Å²) in [6.07, 6.45) is -1.60. The van der Waals surface area contributed by atoms with Crippen molar-refractivity contribution in [1.29, 1.82) is 0 Å². The number of sulfonamides is 1. The van der Waals surface area contributed by atoms with Gasteiger partial charge in [0.05, 0.1) is 13.2 Å². The third-order valence-electron chi connectivity index (χ3n) is 2.98. The van der Waals surface area contributed by atoms with E-state index in [1.807, 2.05) is 0 Å². The van der Waals surface area contributed by atoms with Crippen molar-refractivity contribution in [3.05, 3.63) is 24.4 Å². The Kier molecular flexibility index (Phi) is 4.45. The Morgan fingerprint density at radius 3 is 2.71 bits per heavy atom. The predicted molar refractivity (Wildman–Crippen MR) is 74.6 cm³/mol. The minimum atomic E-state index is -4.15. The lowest BCUT2D eigenvalue weighted by atomic mass is 10.2. The first-order valence-electron chi connectivity index (χ1n) is 6.12. The second-order valence-corrected chi connectivity index (χ2v) is 6.34. The van der Waals surface area contributed by atoms with Crippen molar-refractivity contribution in [2.45, 2.75) is 11.3 Å². The minimum Gasteiger partial charge on any atom is -0.399 e. The highest BCUT2D eigenvalue weighted by Gasteiger charge is 2.29. The highest BCUT2D eigenvalue weighted by Crippen LogP contribution is 2.27. The molecule has 0 amide bonds. The number of aromatic nitrogens is 1. The van der Waals surface area contributed by atoms with Gasteiger partial charge in [0.1, 0.15) is 4.90 Å². The molecule has 4 N–H and O–H groups in total. The molecule has 0 atom stereocenters. The van der Waals surface area contributed by atoms with Gasteiger partial charge >= 0.3 is 0 Å². The van der Waals surface area contributed by atoms with E-state index >= 15 is 0 Å². The van der Waals surface area contributed by atoms with E-state index in [0.717, 1.165) is 0 Å². The first kappa shape index (κ1) is 15.7. The van der Waals surface area contributed by atoms with Crippen molar-refractivity contribution in [1.82, 2.24) is 9.29 Å². The maximum atomic E-state index is 12.5. The molecule has 0 saturated heterocycles. The number of alkyl halides is 2. The molecule has 1 aromatic carbocycles. The summed E-state index contributed by atoms with van der Waals surface area (Å²) in [5.41, 5.74) is 6.52. The van der Waals surface area contributed by atoms with Crippen molar-refractivity contribution in [2.24, 2.45) is 0 Å². The fraction of sp³-hybridized carbons (Fsp3) is 0.333. The molecular weight excluding hydrogens is 304 g/mol. The van der Waals surface area contributed by atoms with Gasteiger partial charge in [0.25, 0.3) is 6.43 Å². The van der Waals surface area contributed by atoms with Crippen LogP contribution in [0.4, 0.5) is 14.5 Å². The zero-order valence-corrected chi connectivity index (χ0v) is 11.8. The van der Waals surface area contributed by atoms with Gasteiger partial charge in [-0.2, -0.15) is 4.31 Å². The van der Waals surface area contributed by atoms with Crippen LogP contribution >= 0.6 is 0 Å². The maximum absolute atomic E-state index is 12.5. The van der Waals surface area contributed by atoms with Crippen LogP contribution in [0.25, 0.3) is 10.9 Å². The zero-order chi connectivity index (χ0) is 15.6. The number of nitrogen functional groups attached to an aromatic ring is 1. The summed E-state index contributed by atoms with van der Waals surface area (Å²) in [7, 11) is -4.15. The molecule has 0 bridgehead atoms. The van der Waals surface area contributed by atoms with E-state index < -0.39 is 36.1 Å². The summed E-state index contributed by atoms with van der Waals surface area (Å²) in [4.78, 5) is 2.62. The zero-order valence-electron chi connectivity index (χ0n) is 11.0. The van der Waals surface area contributed by atoms with Crippen molar-refractivity contribution in [3.8, 4) is 0 Å². The third kappa shape index (κ3) is 3.14. The Morgan fingerprint density at radius 2 is 2.10 bits per heavy atom. The Balaban J connectivity index is 2.51. The molecule has 6 nitrogen and oxygen atoms in total. The number of hydrogen-bond acceptors (Lipinski definition) is 4. The van der Waals surface area contributed by atoms with Crippen molar-refractivity contribution in [2.75, 3.05) is 25.4 Å². The first-order chi connectivity index (χ1) is 9.86. The lowest BCUT2D eigenvalue weighted by molar-refractivity contribution is 0.113. The number of nitrogens with one attached hydrogen (secondary N) is 1. The standard InChI is InChI=1S/C12H15F2N3O3S/c13-12(14)7-17(3-4-18)21(19,20)11-6-16-10-2-1-8(15)5-9(10)11/h1-2,5-6,12,16,18H,3-4,7,15H2. The van der Waals surface area contributed by atoms with Gasteiger partial charge in [-0.25, -0.2) is 17.2 Å². The fourth-order valence-electron chi connectivity index (χ4n) is 2.04. The molecule has 2 rings (SSSR count). The average molecular weight is 319 g/mol. The number of aliphatic hydroxyl groups is 1. The van der Waals surface area contributed by atoms with Crippen LogP contribution in [-0.2, 0) is 10.0 Å². The normalized spacial score (nSPS) is 12.6. The third-order valence-corrected chi connectivity index (χ3v) is 4.88. The van der Waals surface area contributed by atoms with E-state index in [4.69, 9.17) is 10.8 Å². The van der Waals surface area contributed by atoms with E-state index in [1.54, 1.807) is 12.1 Å². The number of hydrogen-bond donors (Lipinski definition) is 3. The highest BCUT2D eigenvalue weighted by atomic mass is 32.2. The molecular formula is C12H15F2N3O3S. The number of benzene rings is 1. The summed E-state index contributed by atoms with van der Waals surface area (Å²) in [6, 6.07) is 4.66. The van der Waals surface area contributed by atoms with E-state index in [9.17, 15) is 17.2 Å². The van der Waals surface area contributed by atoms with Crippen LogP contribution in [0, 0.1) is 0 Å². The Morgan fingerprint density at radius 1 is 1.38 bits per heavy atom. The monoisotopic (exact) mass is 319 g/mol. The molecule has 2 aromatic rings. The van der Waals surface area contributed by atoms with Crippen LogP contribution in [0.3, 0.4) is 0 Å². The topological polar surface area (TPSA) is 99.4 Å². The number of rotatable bonds is 6. The van der Waals surface area contributed by atoms with Gasteiger partial charge in [-0.05, 0) is 18.2 Å². The number of H-pyrrole nitrogens is 1. The Labute approximate surface area is 120 Å². The number of nitrogens with two attached hydrogens (primary N) is 1. The van der Waals surface area contributed by atoms with E-state index in [-0.39, 0.29) is 4.90 Å². The van der Waals surface area contributed by atoms with Gasteiger partial charge < -0.3 is 15.8 Å². The second kappa shape index (κ2) is 5.96. The molecule has 0 fully saturated rings. The average Bonchev–Trinajstić information content (AvgIpc) is 2.81. The molecule has 1 heterocycles. The summed E-state index contributed by atoms with van der Waals surface area (Å²) >= 11 is 0. The number of anilines is 1. The van der Waals surface area contributed by atoms with Gasteiger partial charge in [-0.3, -0.25) is 0 Å². The largest absolute Gasteiger partial charge is 0.399 e. The van der Waals surface area contributed by atoms with E-state index in [1.165, 1.54) is 12.3 Å². The molecule has 0 unspecified atom stereocenters. The van der Waals surface area contributed by atoms with Crippen molar-refractivity contribution >= 4 is 26.6 Å². The second-order valence-electron chi connectivity index (χ2n) is 4.44. The van der Waals surface area contributed by atoms with Gasteiger partial charge in [0.15, 0.2) is 0 Å². The van der Waals surface area contributed by atoms with Crippen LogP contribution in [-0.4, -0.2) is 48.9 Å². The van der Waals surface area contributed by atoms with Crippen LogP contribution in [0.1, 0.15) is 0 Å². The van der Waals surface area contributed by atoms with E-state index in [0.29, 0.717) is 20.9 Å². The molecule has 0 aliphatic heterocycles. The predicted octanol–water partition coefficient (Wildman–Crippen LogP) is 0.998. The molecule has 0 radical (unpaired) electrons. The van der Waals surface area contributed by atoms with Gasteiger partial charge in [0.2, 0.25) is 10.0 Å². The summed E-state index contributed by atoms with van der Waals surface area (Å²) in [5, 5.41) is 9.22. The number of aromatic amines is 1. The minimum absolute atomic E-state index is 0.140. The molecule has 0 saturated carbocycles. The van der Waals surface area contributed by atoms with Crippen molar-refractivity contribution in [3.63, 3.8) is 0 Å². The quantitative estimate of drug-likeness (QED) is 0.692. The Hall–Kier alpha value is -1.71. The summed E-state index contributed by atoms with van der Waals surface area (Å²) < 4.78 is 50.6. The van der Waals surface area contributed by atoms with Crippen LogP contribution < -0.4 is 5.73 Å². The summed E-state index contributed by atoms with van der Waals surface area (Å²) in [5.74, 6) is 0. The van der Waals surface area contributed by atoms with Crippen LogP contribution in [0.2, 0.25) is 0 Å². The molecule has 0 spiro atoms. The molecule has 0 aliphatic carbocycles. The van der Waals surface area contributed by atoms with Gasteiger partial charge in [0, 0.05) is 29.3 Å². The lowest BCUT2D eigenvalue weighted by Crippen LogP contribution is -2.37. The molecule has 9 heteroatoms. The number of nitrogens with zero attached hydrogens (tertiary/aromatic N) is 1. The maximum Gasteiger partial charge on any atom is 0.252 e. The number of halogens is 2. The van der Waals surface area contributed by atoms with Crippen LogP contribution in [0.15, 0.2) is 29.3 Å². The molecule has 21 heavy (non-hydrogen) atoms. The first-order valence-corrected chi connectivity index (χ1v) is 7.56. The van der Waals surface area contributed by atoms with Gasteiger partial charge in [-0.15, -0.1) is 0 Å². The van der Waals surface area contributed by atoms with Crippen LogP contribution in [0.5, 0.6) is 0 Å². The van der Waals surface area contributed by atoms with Gasteiger partial charge in [-0.1, -0.05) is 0 Å². The van der Waals surface area contributed by atoms with Crippen molar-refractivity contribution < 1.29 is 22.3 Å². The molecule has 116 valence electrons. The smallest absolute Gasteiger partial charge is 0.252 e. The number of aliphatic hydroxyl groups excluding tert-OH is 1. The summed E-state index contributed by atoms with van der Waals surface area (Å²) in [6.45, 7) is -1.92. The van der Waals surface area contributed by atoms with E-state index in [2.05, 4.69) is 4.98 Å². The molecule has 0 aliphatic rings. The molecule has 1 aromatic heterocycles. The fourth-order valence-corrected chi connectivity index (χ4v) is 3.60. The highest BCUT2D eigenvalue weighted by molar-refractivity contribution is 7.89.